The Hall–Kier alpha value is -1.05. The molecule has 4 heteroatoms. The van der Waals surface area contributed by atoms with Gasteiger partial charge in [-0.15, -0.1) is 0 Å². The van der Waals surface area contributed by atoms with E-state index in [2.05, 4.69) is 33.8 Å². The number of piperidine rings is 1. The van der Waals surface area contributed by atoms with Crippen molar-refractivity contribution in [3.8, 4) is 6.07 Å². The molecule has 0 radical (unpaired) electrons. The van der Waals surface area contributed by atoms with Gasteiger partial charge in [0.15, 0.2) is 0 Å². The van der Waals surface area contributed by atoms with E-state index in [1.54, 1.807) is 0 Å². The van der Waals surface area contributed by atoms with E-state index in [0.717, 1.165) is 23.1 Å². The first-order valence-corrected chi connectivity index (χ1v) is 6.54. The fraction of sp³-hybridized carbons (Fsp3) is 0.462. The Morgan fingerprint density at radius 3 is 2.94 bits per heavy atom. The first-order chi connectivity index (χ1) is 8.11. The number of nitrogens with zero attached hydrogens (tertiary/aromatic N) is 2. The molecule has 1 heterocycles. The van der Waals surface area contributed by atoms with Crippen LogP contribution in [0.25, 0.3) is 0 Å². The molecule has 1 fully saturated rings. The summed E-state index contributed by atoms with van der Waals surface area (Å²) in [7, 11) is 0. The van der Waals surface area contributed by atoms with Crippen molar-refractivity contribution in [2.75, 3.05) is 18.0 Å². The number of hydrogen-bond donors (Lipinski definition) is 1. The minimum atomic E-state index is -0.307. The molecule has 90 valence electrons. The molecule has 0 unspecified atom stereocenters. The first-order valence-electron chi connectivity index (χ1n) is 5.74. The van der Waals surface area contributed by atoms with E-state index in [1.165, 1.54) is 0 Å². The third kappa shape index (κ3) is 2.62. The van der Waals surface area contributed by atoms with Gasteiger partial charge in [0.25, 0.3) is 0 Å². The molecule has 17 heavy (non-hydrogen) atoms. The van der Waals surface area contributed by atoms with Gasteiger partial charge in [-0.1, -0.05) is 22.9 Å². The highest BCUT2D eigenvalue weighted by Gasteiger charge is 2.25. The van der Waals surface area contributed by atoms with Gasteiger partial charge in [0.2, 0.25) is 0 Å². The van der Waals surface area contributed by atoms with E-state index in [0.29, 0.717) is 18.0 Å². The van der Waals surface area contributed by atoms with E-state index >= 15 is 0 Å². The highest BCUT2D eigenvalue weighted by Crippen LogP contribution is 2.28. The minimum absolute atomic E-state index is 0.307. The SMILES string of the molecule is C[C@H]1CCN(c2ccc(Br)cc2C#N)C[C@H]1O. The molecule has 0 aliphatic carbocycles. The van der Waals surface area contributed by atoms with E-state index in [4.69, 9.17) is 5.26 Å². The summed E-state index contributed by atoms with van der Waals surface area (Å²) < 4.78 is 0.906. The average molecular weight is 295 g/mol. The summed E-state index contributed by atoms with van der Waals surface area (Å²) in [5.41, 5.74) is 1.57. The molecule has 1 aromatic carbocycles. The maximum Gasteiger partial charge on any atom is 0.101 e. The van der Waals surface area contributed by atoms with Crippen molar-refractivity contribution in [1.82, 2.24) is 0 Å². The molecular weight excluding hydrogens is 280 g/mol. The Labute approximate surface area is 110 Å². The molecule has 1 saturated heterocycles. The second-order valence-corrected chi connectivity index (χ2v) is 5.47. The van der Waals surface area contributed by atoms with Gasteiger partial charge in [0, 0.05) is 17.6 Å². The molecular formula is C13H15BrN2O. The average Bonchev–Trinajstić information content (AvgIpc) is 2.32. The van der Waals surface area contributed by atoms with Crippen LogP contribution in [0, 0.1) is 17.2 Å². The van der Waals surface area contributed by atoms with Crippen LogP contribution in [0.5, 0.6) is 0 Å². The first kappa shape index (κ1) is 12.4. The minimum Gasteiger partial charge on any atom is -0.391 e. The number of halogens is 1. The van der Waals surface area contributed by atoms with Gasteiger partial charge in [0.1, 0.15) is 6.07 Å². The van der Waals surface area contributed by atoms with Crippen LogP contribution in [-0.4, -0.2) is 24.3 Å². The largest absolute Gasteiger partial charge is 0.391 e. The third-order valence-corrected chi connectivity index (χ3v) is 3.83. The number of benzene rings is 1. The Bertz CT molecular complexity index is 455. The fourth-order valence-electron chi connectivity index (χ4n) is 2.14. The zero-order chi connectivity index (χ0) is 12.4. The maximum atomic E-state index is 9.89. The van der Waals surface area contributed by atoms with Crippen LogP contribution in [0.4, 0.5) is 5.69 Å². The predicted molar refractivity (Wildman–Crippen MR) is 70.9 cm³/mol. The third-order valence-electron chi connectivity index (χ3n) is 3.34. The lowest BCUT2D eigenvalue weighted by molar-refractivity contribution is 0.103. The molecule has 0 spiro atoms. The number of hydrogen-bond acceptors (Lipinski definition) is 3. The van der Waals surface area contributed by atoms with Gasteiger partial charge >= 0.3 is 0 Å². The Balaban J connectivity index is 2.26. The number of β-amino-alcohol motifs (C(OH)–C–C–N with tert-alkyl or cyclic N) is 1. The van der Waals surface area contributed by atoms with Crippen molar-refractivity contribution in [2.45, 2.75) is 19.4 Å². The molecule has 1 aromatic rings. The lowest BCUT2D eigenvalue weighted by atomic mass is 9.95. The topological polar surface area (TPSA) is 47.3 Å². The van der Waals surface area contributed by atoms with Crippen LogP contribution >= 0.6 is 15.9 Å². The molecule has 0 aromatic heterocycles. The second kappa shape index (κ2) is 5.07. The van der Waals surface area contributed by atoms with Crippen molar-refractivity contribution in [2.24, 2.45) is 5.92 Å². The normalized spacial score (nSPS) is 24.5. The van der Waals surface area contributed by atoms with Gasteiger partial charge < -0.3 is 10.0 Å². The summed E-state index contributed by atoms with van der Waals surface area (Å²) >= 11 is 3.36. The molecule has 0 saturated carbocycles. The van der Waals surface area contributed by atoms with Gasteiger partial charge in [-0.05, 0) is 30.5 Å². The monoisotopic (exact) mass is 294 g/mol. The molecule has 2 atom stereocenters. The summed E-state index contributed by atoms with van der Waals surface area (Å²) in [5, 5.41) is 19.0. The highest BCUT2D eigenvalue weighted by atomic mass is 79.9. The molecule has 0 amide bonds. The van der Waals surface area contributed by atoms with Gasteiger partial charge in [0.05, 0.1) is 17.4 Å². The van der Waals surface area contributed by atoms with Crippen molar-refractivity contribution >= 4 is 21.6 Å². The van der Waals surface area contributed by atoms with Crippen molar-refractivity contribution in [3.63, 3.8) is 0 Å². The summed E-state index contributed by atoms with van der Waals surface area (Å²) in [6.45, 7) is 3.57. The lowest BCUT2D eigenvalue weighted by Gasteiger charge is -2.36. The molecule has 1 N–H and O–H groups in total. The Morgan fingerprint density at radius 1 is 1.53 bits per heavy atom. The Morgan fingerprint density at radius 2 is 2.29 bits per heavy atom. The van der Waals surface area contributed by atoms with Crippen LogP contribution in [0.2, 0.25) is 0 Å². The van der Waals surface area contributed by atoms with Gasteiger partial charge in [-0.2, -0.15) is 5.26 Å². The number of nitriles is 1. The number of aliphatic hydroxyl groups is 1. The summed E-state index contributed by atoms with van der Waals surface area (Å²) in [6, 6.07) is 7.89. The van der Waals surface area contributed by atoms with E-state index in [1.807, 2.05) is 18.2 Å². The van der Waals surface area contributed by atoms with E-state index in [9.17, 15) is 5.11 Å². The number of anilines is 1. The van der Waals surface area contributed by atoms with Crippen LogP contribution in [0.1, 0.15) is 18.9 Å². The van der Waals surface area contributed by atoms with Gasteiger partial charge in [-0.25, -0.2) is 0 Å². The summed E-state index contributed by atoms with van der Waals surface area (Å²) in [6.07, 6.45) is 0.654. The van der Waals surface area contributed by atoms with Gasteiger partial charge in [-0.3, -0.25) is 0 Å². The molecule has 1 aliphatic rings. The Kier molecular flexibility index (Phi) is 3.70. The lowest BCUT2D eigenvalue weighted by Crippen LogP contribution is -2.43. The summed E-state index contributed by atoms with van der Waals surface area (Å²) in [4.78, 5) is 2.09. The quantitative estimate of drug-likeness (QED) is 0.866. The van der Waals surface area contributed by atoms with Crippen LogP contribution in [0.3, 0.4) is 0 Å². The van der Waals surface area contributed by atoms with Crippen LogP contribution in [0.15, 0.2) is 22.7 Å². The number of aliphatic hydroxyl groups excluding tert-OH is 1. The van der Waals surface area contributed by atoms with Crippen LogP contribution < -0.4 is 4.90 Å². The molecule has 3 nitrogen and oxygen atoms in total. The van der Waals surface area contributed by atoms with Crippen molar-refractivity contribution < 1.29 is 5.11 Å². The smallest absolute Gasteiger partial charge is 0.101 e. The molecule has 0 bridgehead atoms. The fourth-order valence-corrected chi connectivity index (χ4v) is 2.50. The zero-order valence-corrected chi connectivity index (χ0v) is 11.3. The van der Waals surface area contributed by atoms with E-state index < -0.39 is 0 Å². The molecule has 2 rings (SSSR count). The van der Waals surface area contributed by atoms with E-state index in [-0.39, 0.29) is 6.10 Å². The highest BCUT2D eigenvalue weighted by molar-refractivity contribution is 9.10. The second-order valence-electron chi connectivity index (χ2n) is 4.55. The zero-order valence-electron chi connectivity index (χ0n) is 9.73. The number of rotatable bonds is 1. The van der Waals surface area contributed by atoms with Crippen molar-refractivity contribution in [1.29, 1.82) is 5.26 Å². The maximum absolute atomic E-state index is 9.89. The molecule has 1 aliphatic heterocycles. The van der Waals surface area contributed by atoms with Crippen molar-refractivity contribution in [3.05, 3.63) is 28.2 Å². The summed E-state index contributed by atoms with van der Waals surface area (Å²) in [5.74, 6) is 0.340. The van der Waals surface area contributed by atoms with Crippen LogP contribution in [-0.2, 0) is 0 Å². The predicted octanol–water partition coefficient (Wildman–Crippen LogP) is 2.53. The standard InChI is InChI=1S/C13H15BrN2O/c1-9-4-5-16(8-13(9)17)12-3-2-11(14)6-10(12)7-15/h2-3,6,9,13,17H,4-5,8H2,1H3/t9-,13+/m0/s1.